The summed E-state index contributed by atoms with van der Waals surface area (Å²) >= 11 is 0. The van der Waals surface area contributed by atoms with Gasteiger partial charge in [0.25, 0.3) is 0 Å². The van der Waals surface area contributed by atoms with Gasteiger partial charge in [-0.25, -0.2) is 0 Å². The summed E-state index contributed by atoms with van der Waals surface area (Å²) < 4.78 is 5.91. The van der Waals surface area contributed by atoms with Gasteiger partial charge in [0.05, 0.1) is 19.1 Å². The molecular formula is C17H23NO3. The van der Waals surface area contributed by atoms with E-state index < -0.39 is 5.97 Å². The van der Waals surface area contributed by atoms with Crippen molar-refractivity contribution in [2.24, 2.45) is 0 Å². The first-order valence-electron chi connectivity index (χ1n) is 7.87. The highest BCUT2D eigenvalue weighted by Gasteiger charge is 2.33. The van der Waals surface area contributed by atoms with E-state index in [0.29, 0.717) is 12.1 Å². The van der Waals surface area contributed by atoms with Crippen molar-refractivity contribution in [1.29, 1.82) is 0 Å². The zero-order valence-electron chi connectivity index (χ0n) is 12.3. The highest BCUT2D eigenvalue weighted by Crippen LogP contribution is 2.29. The SMILES string of the molecule is O=C(O)Cc1ccc(CN2CCOC3CCCCC32)cc1. The second-order valence-corrected chi connectivity index (χ2v) is 6.12. The predicted molar refractivity (Wildman–Crippen MR) is 80.2 cm³/mol. The number of hydrogen-bond donors (Lipinski definition) is 1. The van der Waals surface area contributed by atoms with E-state index in [1.165, 1.54) is 31.2 Å². The highest BCUT2D eigenvalue weighted by atomic mass is 16.5. The lowest BCUT2D eigenvalue weighted by atomic mass is 9.90. The molecule has 1 saturated carbocycles. The van der Waals surface area contributed by atoms with Crippen LogP contribution in [-0.2, 0) is 22.5 Å². The molecule has 1 aromatic rings. The molecular weight excluding hydrogens is 266 g/mol. The van der Waals surface area contributed by atoms with Crippen LogP contribution in [0.25, 0.3) is 0 Å². The van der Waals surface area contributed by atoms with E-state index in [2.05, 4.69) is 17.0 Å². The maximum atomic E-state index is 10.7. The molecule has 1 aromatic carbocycles. The molecule has 0 aromatic heterocycles. The summed E-state index contributed by atoms with van der Waals surface area (Å²) in [6, 6.07) is 8.55. The molecule has 1 heterocycles. The van der Waals surface area contributed by atoms with E-state index in [1.807, 2.05) is 12.1 Å². The smallest absolute Gasteiger partial charge is 0.307 e. The van der Waals surface area contributed by atoms with E-state index in [9.17, 15) is 4.79 Å². The predicted octanol–water partition coefficient (Wildman–Crippen LogP) is 2.46. The molecule has 21 heavy (non-hydrogen) atoms. The number of nitrogens with zero attached hydrogens (tertiary/aromatic N) is 1. The van der Waals surface area contributed by atoms with Crippen molar-refractivity contribution in [3.8, 4) is 0 Å². The number of hydrogen-bond acceptors (Lipinski definition) is 3. The summed E-state index contributed by atoms with van der Waals surface area (Å²) in [6.45, 7) is 2.77. The number of carboxylic acids is 1. The molecule has 4 nitrogen and oxygen atoms in total. The monoisotopic (exact) mass is 289 g/mol. The van der Waals surface area contributed by atoms with Crippen LogP contribution in [0.4, 0.5) is 0 Å². The summed E-state index contributed by atoms with van der Waals surface area (Å²) in [5, 5.41) is 8.80. The number of ether oxygens (including phenoxy) is 1. The normalized spacial score (nSPS) is 26.3. The van der Waals surface area contributed by atoms with Gasteiger partial charge >= 0.3 is 5.97 Å². The third-order valence-electron chi connectivity index (χ3n) is 4.61. The van der Waals surface area contributed by atoms with Crippen molar-refractivity contribution in [2.75, 3.05) is 13.2 Å². The van der Waals surface area contributed by atoms with Crippen molar-refractivity contribution in [1.82, 2.24) is 4.90 Å². The average molecular weight is 289 g/mol. The summed E-state index contributed by atoms with van der Waals surface area (Å²) in [4.78, 5) is 13.2. The van der Waals surface area contributed by atoms with Crippen molar-refractivity contribution in [2.45, 2.75) is 50.8 Å². The minimum Gasteiger partial charge on any atom is -0.481 e. The zero-order valence-corrected chi connectivity index (χ0v) is 12.3. The van der Waals surface area contributed by atoms with Crippen molar-refractivity contribution < 1.29 is 14.6 Å². The van der Waals surface area contributed by atoms with E-state index >= 15 is 0 Å². The number of aliphatic carboxylic acids is 1. The van der Waals surface area contributed by atoms with Crippen molar-refractivity contribution in [3.63, 3.8) is 0 Å². The quantitative estimate of drug-likeness (QED) is 0.925. The molecule has 1 saturated heterocycles. The number of morpholine rings is 1. The van der Waals surface area contributed by atoms with Crippen LogP contribution in [0.5, 0.6) is 0 Å². The van der Waals surface area contributed by atoms with Gasteiger partial charge in [-0.15, -0.1) is 0 Å². The Labute approximate surface area is 125 Å². The van der Waals surface area contributed by atoms with Crippen LogP contribution >= 0.6 is 0 Å². The van der Waals surface area contributed by atoms with Gasteiger partial charge in [-0.2, -0.15) is 0 Å². The first-order chi connectivity index (χ1) is 10.2. The minimum atomic E-state index is -0.777. The molecule has 4 heteroatoms. The minimum absolute atomic E-state index is 0.0997. The first-order valence-corrected chi connectivity index (χ1v) is 7.87. The van der Waals surface area contributed by atoms with E-state index in [1.54, 1.807) is 0 Å². The molecule has 2 atom stereocenters. The molecule has 0 bridgehead atoms. The van der Waals surface area contributed by atoms with Crippen LogP contribution in [0.2, 0.25) is 0 Å². The van der Waals surface area contributed by atoms with Crippen molar-refractivity contribution >= 4 is 5.97 Å². The molecule has 1 aliphatic carbocycles. The number of carboxylic acid groups (broad SMARTS) is 1. The lowest BCUT2D eigenvalue weighted by Crippen LogP contribution is -2.52. The molecule has 0 spiro atoms. The summed E-state index contributed by atoms with van der Waals surface area (Å²) in [6.07, 6.45) is 5.54. The number of carbonyl (C=O) groups is 1. The van der Waals surface area contributed by atoms with Crippen LogP contribution in [0, 0.1) is 0 Å². The Kier molecular flexibility index (Phi) is 4.56. The topological polar surface area (TPSA) is 49.8 Å². The van der Waals surface area contributed by atoms with E-state index in [-0.39, 0.29) is 6.42 Å². The average Bonchev–Trinajstić information content (AvgIpc) is 2.49. The van der Waals surface area contributed by atoms with E-state index in [4.69, 9.17) is 9.84 Å². The molecule has 3 rings (SSSR count). The van der Waals surface area contributed by atoms with Gasteiger partial charge in [0.1, 0.15) is 0 Å². The summed E-state index contributed by atoms with van der Waals surface area (Å²) in [5.41, 5.74) is 2.12. The molecule has 1 N–H and O–H groups in total. The lowest BCUT2D eigenvalue weighted by molar-refractivity contribution is -0.136. The Morgan fingerprint density at radius 3 is 2.67 bits per heavy atom. The Morgan fingerprint density at radius 2 is 1.90 bits per heavy atom. The molecule has 2 aliphatic rings. The van der Waals surface area contributed by atoms with Crippen LogP contribution < -0.4 is 0 Å². The van der Waals surface area contributed by atoms with Gasteiger partial charge < -0.3 is 9.84 Å². The fourth-order valence-electron chi connectivity index (χ4n) is 3.54. The van der Waals surface area contributed by atoms with Crippen LogP contribution in [0.15, 0.2) is 24.3 Å². The van der Waals surface area contributed by atoms with Crippen molar-refractivity contribution in [3.05, 3.63) is 35.4 Å². The summed E-state index contributed by atoms with van der Waals surface area (Å²) in [5.74, 6) is -0.777. The largest absolute Gasteiger partial charge is 0.481 e. The van der Waals surface area contributed by atoms with Gasteiger partial charge in [-0.3, -0.25) is 9.69 Å². The first kappa shape index (κ1) is 14.5. The van der Waals surface area contributed by atoms with Gasteiger partial charge in [-0.1, -0.05) is 37.1 Å². The van der Waals surface area contributed by atoms with Crippen LogP contribution in [0.1, 0.15) is 36.8 Å². The molecule has 0 radical (unpaired) electrons. The van der Waals surface area contributed by atoms with Gasteiger partial charge in [0, 0.05) is 19.1 Å². The van der Waals surface area contributed by atoms with Gasteiger partial charge in [0.15, 0.2) is 0 Å². The molecule has 1 aliphatic heterocycles. The van der Waals surface area contributed by atoms with Gasteiger partial charge in [0.2, 0.25) is 0 Å². The number of fused-ring (bicyclic) bond motifs is 1. The fraction of sp³-hybridized carbons (Fsp3) is 0.588. The third kappa shape index (κ3) is 3.63. The molecule has 2 unspecified atom stereocenters. The Hall–Kier alpha value is -1.39. The molecule has 0 amide bonds. The van der Waals surface area contributed by atoms with Gasteiger partial charge in [-0.05, 0) is 24.0 Å². The summed E-state index contributed by atoms with van der Waals surface area (Å²) in [7, 11) is 0. The maximum absolute atomic E-state index is 10.7. The Bertz CT molecular complexity index is 483. The Morgan fingerprint density at radius 1 is 1.19 bits per heavy atom. The Balaban J connectivity index is 1.63. The molecule has 2 fully saturated rings. The highest BCUT2D eigenvalue weighted by molar-refractivity contribution is 5.70. The van der Waals surface area contributed by atoms with Crippen LogP contribution in [-0.4, -0.2) is 41.3 Å². The maximum Gasteiger partial charge on any atom is 0.307 e. The lowest BCUT2D eigenvalue weighted by Gasteiger charge is -2.43. The number of benzene rings is 1. The van der Waals surface area contributed by atoms with E-state index in [0.717, 1.165) is 25.3 Å². The van der Waals surface area contributed by atoms with Crippen LogP contribution in [0.3, 0.4) is 0 Å². The number of rotatable bonds is 4. The standard InChI is InChI=1S/C17H23NO3/c19-17(20)11-13-5-7-14(8-6-13)12-18-9-10-21-16-4-2-1-3-15(16)18/h5-8,15-16H,1-4,9-12H2,(H,19,20). The zero-order chi connectivity index (χ0) is 14.7. The fourth-order valence-corrected chi connectivity index (χ4v) is 3.54. The second kappa shape index (κ2) is 6.58. The second-order valence-electron chi connectivity index (χ2n) is 6.12. The third-order valence-corrected chi connectivity index (χ3v) is 4.61. The molecule has 114 valence electrons.